The van der Waals surface area contributed by atoms with Crippen LogP contribution in [0.3, 0.4) is 0 Å². The van der Waals surface area contributed by atoms with Crippen LogP contribution >= 0.6 is 0 Å². The molecule has 0 aromatic carbocycles. The van der Waals surface area contributed by atoms with Crippen molar-refractivity contribution in [1.29, 1.82) is 0 Å². The lowest BCUT2D eigenvalue weighted by molar-refractivity contribution is -0.147. The van der Waals surface area contributed by atoms with E-state index in [0.717, 1.165) is 25.8 Å². The molecule has 9 nitrogen and oxygen atoms in total. The predicted molar refractivity (Wildman–Crippen MR) is 102 cm³/mol. The van der Waals surface area contributed by atoms with Gasteiger partial charge in [0.05, 0.1) is 25.9 Å². The Morgan fingerprint density at radius 1 is 1.00 bits per heavy atom. The monoisotopic (exact) mass is 391 g/mol. The van der Waals surface area contributed by atoms with Crippen LogP contribution in [0.2, 0.25) is 0 Å². The average Bonchev–Trinajstić information content (AvgIpc) is 2.64. The molecule has 160 valence electrons. The zero-order valence-electron chi connectivity index (χ0n) is 16.9. The summed E-state index contributed by atoms with van der Waals surface area (Å²) in [5, 5.41) is 15.1. The molecule has 0 heterocycles. The Bertz CT molecular complexity index is 384. The van der Waals surface area contributed by atoms with Crippen molar-refractivity contribution in [3.63, 3.8) is 0 Å². The van der Waals surface area contributed by atoms with Crippen molar-refractivity contribution in [1.82, 2.24) is 16.1 Å². The molecule has 0 aromatic heterocycles. The molecule has 27 heavy (non-hydrogen) atoms. The van der Waals surface area contributed by atoms with Crippen molar-refractivity contribution >= 4 is 11.9 Å². The SMILES string of the molecule is CCCC(CCNC)ONC(CCC(=O)NCCOCCOCC)C(=O)O. The van der Waals surface area contributed by atoms with E-state index in [1.165, 1.54) is 0 Å². The summed E-state index contributed by atoms with van der Waals surface area (Å²) in [4.78, 5) is 28.7. The molecule has 1 amide bonds. The van der Waals surface area contributed by atoms with Crippen molar-refractivity contribution in [3.8, 4) is 0 Å². The highest BCUT2D eigenvalue weighted by Crippen LogP contribution is 2.07. The third-order valence-corrected chi connectivity index (χ3v) is 3.81. The van der Waals surface area contributed by atoms with Gasteiger partial charge >= 0.3 is 5.97 Å². The second kappa shape index (κ2) is 18.1. The Hall–Kier alpha value is -1.26. The van der Waals surface area contributed by atoms with Gasteiger partial charge in [-0.3, -0.25) is 14.4 Å². The van der Waals surface area contributed by atoms with E-state index in [0.29, 0.717) is 33.0 Å². The van der Waals surface area contributed by atoms with Gasteiger partial charge in [0.25, 0.3) is 0 Å². The van der Waals surface area contributed by atoms with Crippen molar-refractivity contribution in [2.75, 3.05) is 46.6 Å². The Morgan fingerprint density at radius 2 is 1.74 bits per heavy atom. The summed E-state index contributed by atoms with van der Waals surface area (Å²) in [5.74, 6) is -1.25. The number of rotatable bonds is 19. The molecule has 0 radical (unpaired) electrons. The van der Waals surface area contributed by atoms with Crippen LogP contribution in [0.4, 0.5) is 0 Å². The van der Waals surface area contributed by atoms with Crippen LogP contribution in [0, 0.1) is 0 Å². The van der Waals surface area contributed by atoms with Crippen molar-refractivity contribution in [3.05, 3.63) is 0 Å². The van der Waals surface area contributed by atoms with Crippen LogP contribution in [0.1, 0.15) is 46.0 Å². The van der Waals surface area contributed by atoms with Gasteiger partial charge in [0.2, 0.25) is 5.91 Å². The first kappa shape index (κ1) is 25.7. The summed E-state index contributed by atoms with van der Waals surface area (Å²) in [5.41, 5.74) is 2.62. The van der Waals surface area contributed by atoms with Crippen molar-refractivity contribution < 1.29 is 29.0 Å². The molecule has 0 aliphatic heterocycles. The van der Waals surface area contributed by atoms with Crippen LogP contribution < -0.4 is 16.1 Å². The second-order valence-corrected chi connectivity index (χ2v) is 6.13. The number of hydrogen-bond donors (Lipinski definition) is 4. The minimum Gasteiger partial charge on any atom is -0.480 e. The minimum atomic E-state index is -1.04. The molecule has 0 saturated heterocycles. The number of carbonyl (C=O) groups excluding carboxylic acids is 1. The highest BCUT2D eigenvalue weighted by atomic mass is 16.7. The van der Waals surface area contributed by atoms with E-state index in [2.05, 4.69) is 23.0 Å². The number of nitrogens with one attached hydrogen (secondary N) is 3. The second-order valence-electron chi connectivity index (χ2n) is 6.13. The fourth-order valence-electron chi connectivity index (χ4n) is 2.29. The zero-order chi connectivity index (χ0) is 20.3. The molecular weight excluding hydrogens is 354 g/mol. The lowest BCUT2D eigenvalue weighted by Crippen LogP contribution is -2.41. The Morgan fingerprint density at radius 3 is 2.37 bits per heavy atom. The fourth-order valence-corrected chi connectivity index (χ4v) is 2.29. The highest BCUT2D eigenvalue weighted by molar-refractivity contribution is 5.78. The summed E-state index contributed by atoms with van der Waals surface area (Å²) >= 11 is 0. The van der Waals surface area contributed by atoms with Crippen LogP contribution in [-0.4, -0.2) is 75.7 Å². The predicted octanol–water partition coefficient (Wildman–Crippen LogP) is 0.689. The van der Waals surface area contributed by atoms with Crippen molar-refractivity contribution in [2.24, 2.45) is 0 Å². The number of ether oxygens (including phenoxy) is 2. The third-order valence-electron chi connectivity index (χ3n) is 3.81. The Kier molecular flexibility index (Phi) is 17.3. The molecular formula is C18H37N3O6. The van der Waals surface area contributed by atoms with Gasteiger partial charge in [0, 0.05) is 19.6 Å². The van der Waals surface area contributed by atoms with Crippen LogP contribution in [-0.2, 0) is 23.9 Å². The molecule has 0 fully saturated rings. The van der Waals surface area contributed by atoms with Gasteiger partial charge in [-0.25, -0.2) is 0 Å². The average molecular weight is 392 g/mol. The summed E-state index contributed by atoms with van der Waals surface area (Å²) in [6.45, 7) is 7.20. The van der Waals surface area contributed by atoms with Gasteiger partial charge in [0.1, 0.15) is 6.04 Å². The number of carbonyl (C=O) groups is 2. The zero-order valence-corrected chi connectivity index (χ0v) is 16.9. The number of hydroxylamine groups is 1. The molecule has 2 unspecified atom stereocenters. The van der Waals surface area contributed by atoms with E-state index in [9.17, 15) is 14.7 Å². The van der Waals surface area contributed by atoms with Gasteiger partial charge in [-0.2, -0.15) is 5.48 Å². The molecule has 2 atom stereocenters. The molecule has 0 rings (SSSR count). The summed E-state index contributed by atoms with van der Waals surface area (Å²) < 4.78 is 10.4. The molecule has 0 spiro atoms. The number of carboxylic acids is 1. The smallest absolute Gasteiger partial charge is 0.323 e. The molecule has 0 aliphatic rings. The summed E-state index contributed by atoms with van der Waals surface area (Å²) in [6.07, 6.45) is 2.76. The van der Waals surface area contributed by atoms with Gasteiger partial charge < -0.3 is 25.2 Å². The van der Waals surface area contributed by atoms with E-state index >= 15 is 0 Å². The molecule has 9 heteroatoms. The van der Waals surface area contributed by atoms with E-state index in [1.54, 1.807) is 0 Å². The van der Waals surface area contributed by atoms with Gasteiger partial charge in [-0.05, 0) is 39.8 Å². The molecule has 0 saturated carbocycles. The van der Waals surface area contributed by atoms with Crippen LogP contribution in [0.25, 0.3) is 0 Å². The molecule has 0 aliphatic carbocycles. The van der Waals surface area contributed by atoms with Crippen LogP contribution in [0.5, 0.6) is 0 Å². The van der Waals surface area contributed by atoms with Gasteiger partial charge in [0.15, 0.2) is 0 Å². The fraction of sp³-hybridized carbons (Fsp3) is 0.889. The quantitative estimate of drug-likeness (QED) is 0.188. The van der Waals surface area contributed by atoms with Gasteiger partial charge in [-0.15, -0.1) is 0 Å². The maximum absolute atomic E-state index is 11.8. The Balaban J connectivity index is 4.01. The maximum atomic E-state index is 11.8. The number of aliphatic carboxylic acids is 1. The Labute approximate surface area is 162 Å². The maximum Gasteiger partial charge on any atom is 0.323 e. The lowest BCUT2D eigenvalue weighted by Gasteiger charge is -2.20. The standard InChI is InChI=1S/C18H37N3O6/c1-4-6-15(9-10-19-3)27-21-16(18(23)24)7-8-17(22)20-11-12-26-14-13-25-5-2/h15-16,19,21H,4-14H2,1-3H3,(H,20,22)(H,23,24). The minimum absolute atomic E-state index is 0.0630. The van der Waals surface area contributed by atoms with Crippen molar-refractivity contribution in [2.45, 2.75) is 58.1 Å². The van der Waals surface area contributed by atoms with E-state index in [1.807, 2.05) is 14.0 Å². The number of hydrogen-bond acceptors (Lipinski definition) is 7. The first-order chi connectivity index (χ1) is 13.0. The first-order valence-electron chi connectivity index (χ1n) is 9.75. The first-order valence-corrected chi connectivity index (χ1v) is 9.75. The van der Waals surface area contributed by atoms with Crippen LogP contribution in [0.15, 0.2) is 0 Å². The van der Waals surface area contributed by atoms with Gasteiger partial charge in [-0.1, -0.05) is 13.3 Å². The normalized spacial score (nSPS) is 13.3. The summed E-state index contributed by atoms with van der Waals surface area (Å²) in [6, 6.07) is -0.924. The van der Waals surface area contributed by atoms with E-state index < -0.39 is 12.0 Å². The largest absolute Gasteiger partial charge is 0.480 e. The molecule has 4 N–H and O–H groups in total. The topological polar surface area (TPSA) is 118 Å². The molecule has 0 aromatic rings. The van der Waals surface area contributed by atoms with E-state index in [4.69, 9.17) is 14.3 Å². The highest BCUT2D eigenvalue weighted by Gasteiger charge is 2.20. The number of amides is 1. The summed E-state index contributed by atoms with van der Waals surface area (Å²) in [7, 11) is 1.86. The third kappa shape index (κ3) is 15.5. The van der Waals surface area contributed by atoms with E-state index in [-0.39, 0.29) is 24.9 Å². The lowest BCUT2D eigenvalue weighted by atomic mass is 10.1. The number of carboxylic acid groups (broad SMARTS) is 1. The molecule has 0 bridgehead atoms.